The third-order valence-electron chi connectivity index (χ3n) is 1.09. The summed E-state index contributed by atoms with van der Waals surface area (Å²) in [5, 5.41) is 0. The van der Waals surface area contributed by atoms with E-state index in [4.69, 9.17) is 5.84 Å². The monoisotopic (exact) mass is 240 g/mol. The van der Waals surface area contributed by atoms with E-state index in [1.54, 1.807) is 12.1 Å². The molecular weight excluding hydrogens is 234 g/mol. The molecule has 0 heterocycles. The lowest BCUT2D eigenvalue weighted by Gasteiger charge is -2.00. The summed E-state index contributed by atoms with van der Waals surface area (Å²) in [6, 6.07) is 4.60. The molecule has 5 heteroatoms. The molecule has 0 aliphatic rings. The highest BCUT2D eigenvalue weighted by Gasteiger charge is 1.98. The van der Waals surface area contributed by atoms with E-state index in [0.717, 1.165) is 0 Å². The van der Waals surface area contributed by atoms with Gasteiger partial charge in [-0.2, -0.15) is 0 Å². The van der Waals surface area contributed by atoms with E-state index in [1.807, 2.05) is 0 Å². The molecule has 0 atom stereocenters. The van der Waals surface area contributed by atoms with Crippen LogP contribution in [0.5, 0.6) is 0 Å². The number of rotatable bonds is 1. The van der Waals surface area contributed by atoms with Crippen molar-refractivity contribution in [3.05, 3.63) is 28.5 Å². The van der Waals surface area contributed by atoms with Crippen LogP contribution in [0.3, 0.4) is 0 Å². The van der Waals surface area contributed by atoms with E-state index in [9.17, 15) is 4.39 Å². The molecule has 0 saturated heterocycles. The normalized spacial score (nSPS) is 8.64. The Balaban J connectivity index is 0.000001000. The highest BCUT2D eigenvalue weighted by Crippen LogP contribution is 2.17. The lowest BCUT2D eigenvalue weighted by Crippen LogP contribution is -2.08. The Morgan fingerprint density at radius 3 is 2.55 bits per heavy atom. The molecule has 1 aromatic carbocycles. The van der Waals surface area contributed by atoms with E-state index in [2.05, 4.69) is 21.4 Å². The quantitative estimate of drug-likeness (QED) is 0.585. The summed E-state index contributed by atoms with van der Waals surface area (Å²) >= 11 is 3.12. The fraction of sp³-hybridized carbons (Fsp3) is 0. The number of nitrogens with one attached hydrogen (secondary N) is 1. The Morgan fingerprint density at radius 2 is 2.09 bits per heavy atom. The Hall–Kier alpha value is -0.320. The van der Waals surface area contributed by atoms with Crippen LogP contribution in [0, 0.1) is 5.82 Å². The van der Waals surface area contributed by atoms with Gasteiger partial charge in [0.15, 0.2) is 0 Å². The van der Waals surface area contributed by atoms with Crippen molar-refractivity contribution >= 4 is 34.0 Å². The first-order valence-electron chi connectivity index (χ1n) is 2.65. The maximum atomic E-state index is 12.7. The topological polar surface area (TPSA) is 38.0 Å². The van der Waals surface area contributed by atoms with Crippen LogP contribution in [0.4, 0.5) is 10.1 Å². The standard InChI is InChI=1S/C6H6BrFN2.ClH/c7-4-1-2-6(10-9)5(8)3-4;/h1-3,10H,9H2;1H. The SMILES string of the molecule is Cl.NNc1ccc(Br)cc1F. The predicted octanol–water partition coefficient (Wildman–Crippen LogP) is 2.30. The van der Waals surface area contributed by atoms with Gasteiger partial charge in [0.25, 0.3) is 0 Å². The van der Waals surface area contributed by atoms with Crippen molar-refractivity contribution in [3.63, 3.8) is 0 Å². The summed E-state index contributed by atoms with van der Waals surface area (Å²) in [7, 11) is 0. The molecule has 0 aromatic heterocycles. The van der Waals surface area contributed by atoms with Gasteiger partial charge in [-0.25, -0.2) is 4.39 Å². The van der Waals surface area contributed by atoms with Gasteiger partial charge in [0.05, 0.1) is 5.69 Å². The van der Waals surface area contributed by atoms with Crippen LogP contribution in [0.15, 0.2) is 22.7 Å². The largest absolute Gasteiger partial charge is 0.321 e. The van der Waals surface area contributed by atoms with Crippen molar-refractivity contribution < 1.29 is 4.39 Å². The molecule has 0 spiro atoms. The van der Waals surface area contributed by atoms with Crippen molar-refractivity contribution in [1.29, 1.82) is 0 Å². The molecule has 62 valence electrons. The number of hydrazine groups is 1. The molecule has 3 N–H and O–H groups in total. The van der Waals surface area contributed by atoms with Gasteiger partial charge in [-0.3, -0.25) is 5.84 Å². The Labute approximate surface area is 78.5 Å². The maximum absolute atomic E-state index is 12.7. The molecule has 2 nitrogen and oxygen atoms in total. The van der Waals surface area contributed by atoms with Crippen molar-refractivity contribution in [2.45, 2.75) is 0 Å². The second-order valence-electron chi connectivity index (χ2n) is 1.77. The van der Waals surface area contributed by atoms with Crippen molar-refractivity contribution in [2.24, 2.45) is 5.84 Å². The average molecular weight is 241 g/mol. The highest BCUT2D eigenvalue weighted by molar-refractivity contribution is 9.10. The summed E-state index contributed by atoms with van der Waals surface area (Å²) < 4.78 is 13.4. The number of nitrogens with two attached hydrogens (primary N) is 1. The van der Waals surface area contributed by atoms with Crippen molar-refractivity contribution in [2.75, 3.05) is 5.43 Å². The zero-order valence-electron chi connectivity index (χ0n) is 5.47. The first-order valence-corrected chi connectivity index (χ1v) is 3.45. The Morgan fingerprint density at radius 1 is 1.45 bits per heavy atom. The molecule has 0 aliphatic carbocycles. The molecule has 0 fully saturated rings. The lowest BCUT2D eigenvalue weighted by atomic mass is 10.3. The second-order valence-corrected chi connectivity index (χ2v) is 2.68. The summed E-state index contributed by atoms with van der Waals surface area (Å²) in [5.74, 6) is 4.63. The van der Waals surface area contributed by atoms with E-state index >= 15 is 0 Å². The van der Waals surface area contributed by atoms with Gasteiger partial charge in [-0.1, -0.05) is 15.9 Å². The average Bonchev–Trinajstić information content (AvgIpc) is 1.88. The van der Waals surface area contributed by atoms with Crippen LogP contribution >= 0.6 is 28.3 Å². The summed E-state index contributed by atoms with van der Waals surface area (Å²) in [4.78, 5) is 0. The van der Waals surface area contributed by atoms with Gasteiger partial charge in [0.2, 0.25) is 0 Å². The lowest BCUT2D eigenvalue weighted by molar-refractivity contribution is 0.630. The van der Waals surface area contributed by atoms with Crippen LogP contribution in [-0.2, 0) is 0 Å². The first-order chi connectivity index (χ1) is 4.74. The van der Waals surface area contributed by atoms with Crippen LogP contribution < -0.4 is 11.3 Å². The van der Waals surface area contributed by atoms with Crippen molar-refractivity contribution in [1.82, 2.24) is 0 Å². The summed E-state index contributed by atoms with van der Waals surface area (Å²) in [5.41, 5.74) is 2.52. The fourth-order valence-electron chi connectivity index (χ4n) is 0.607. The van der Waals surface area contributed by atoms with Crippen molar-refractivity contribution in [3.8, 4) is 0 Å². The minimum absolute atomic E-state index is 0. The van der Waals surface area contributed by atoms with Gasteiger partial charge in [-0.15, -0.1) is 12.4 Å². The number of hydrogen-bond acceptors (Lipinski definition) is 2. The van der Waals surface area contributed by atoms with Crippen LogP contribution in [0.1, 0.15) is 0 Å². The zero-order chi connectivity index (χ0) is 7.56. The van der Waals surface area contributed by atoms with E-state index in [0.29, 0.717) is 10.2 Å². The molecule has 1 rings (SSSR count). The molecule has 0 bridgehead atoms. The number of nitrogen functional groups attached to an aromatic ring is 1. The van der Waals surface area contributed by atoms with Gasteiger partial charge in [0.1, 0.15) is 5.82 Å². The first kappa shape index (κ1) is 10.7. The van der Waals surface area contributed by atoms with Crippen LogP contribution in [0.25, 0.3) is 0 Å². The van der Waals surface area contributed by atoms with Crippen LogP contribution in [0.2, 0.25) is 0 Å². The molecule has 0 aliphatic heterocycles. The van der Waals surface area contributed by atoms with Crippen LogP contribution in [-0.4, -0.2) is 0 Å². The third-order valence-corrected chi connectivity index (χ3v) is 1.58. The molecule has 0 radical (unpaired) electrons. The third kappa shape index (κ3) is 2.65. The Bertz CT molecular complexity index is 244. The summed E-state index contributed by atoms with van der Waals surface area (Å²) in [6.07, 6.45) is 0. The fourth-order valence-corrected chi connectivity index (χ4v) is 0.940. The maximum Gasteiger partial charge on any atom is 0.148 e. The molecule has 0 saturated carbocycles. The number of anilines is 1. The molecule has 1 aromatic rings. The molecule has 0 unspecified atom stereocenters. The smallest absolute Gasteiger partial charge is 0.148 e. The molecule has 11 heavy (non-hydrogen) atoms. The van der Waals surface area contributed by atoms with E-state index < -0.39 is 0 Å². The van der Waals surface area contributed by atoms with E-state index in [1.165, 1.54) is 6.07 Å². The summed E-state index contributed by atoms with van der Waals surface area (Å²) in [6.45, 7) is 0. The minimum atomic E-state index is -0.364. The van der Waals surface area contributed by atoms with E-state index in [-0.39, 0.29) is 18.2 Å². The number of hydrogen-bond donors (Lipinski definition) is 2. The number of benzene rings is 1. The van der Waals surface area contributed by atoms with Gasteiger partial charge >= 0.3 is 0 Å². The van der Waals surface area contributed by atoms with Gasteiger partial charge in [0, 0.05) is 4.47 Å². The molecule has 0 amide bonds. The Kier molecular flexibility index (Phi) is 4.40. The minimum Gasteiger partial charge on any atom is -0.321 e. The number of halogens is 3. The van der Waals surface area contributed by atoms with Gasteiger partial charge < -0.3 is 5.43 Å². The molecular formula is C6H7BrClFN2. The zero-order valence-corrected chi connectivity index (χ0v) is 7.88. The highest BCUT2D eigenvalue weighted by atomic mass is 79.9. The second kappa shape index (κ2) is 4.54. The predicted molar refractivity (Wildman–Crippen MR) is 49.2 cm³/mol. The van der Waals surface area contributed by atoms with Gasteiger partial charge in [-0.05, 0) is 18.2 Å².